The zero-order valence-corrected chi connectivity index (χ0v) is 9.31. The number of aromatic nitrogens is 2. The quantitative estimate of drug-likeness (QED) is 0.710. The van der Waals surface area contributed by atoms with Crippen molar-refractivity contribution in [3.8, 4) is 0 Å². The zero-order valence-electron chi connectivity index (χ0n) is 7.72. The maximum atomic E-state index is 12.5. The number of hydrogen-bond acceptors (Lipinski definition) is 2. The summed E-state index contributed by atoms with van der Waals surface area (Å²) in [5, 5.41) is 0. The molecule has 0 aliphatic rings. The van der Waals surface area contributed by atoms with E-state index in [9.17, 15) is 22.8 Å². The first-order valence-electron chi connectivity index (χ1n) is 3.70. The molecule has 0 radical (unpaired) electrons. The Labute approximate surface area is 90.1 Å². The van der Waals surface area contributed by atoms with Gasteiger partial charge in [0, 0.05) is 14.1 Å². The molecule has 4 nitrogen and oxygen atoms in total. The van der Waals surface area contributed by atoms with Crippen molar-refractivity contribution >= 4 is 15.9 Å². The number of halogens is 4. The highest BCUT2D eigenvalue weighted by atomic mass is 79.9. The summed E-state index contributed by atoms with van der Waals surface area (Å²) in [6.45, 7) is 0. The minimum absolute atomic E-state index is 0.380. The lowest BCUT2D eigenvalue weighted by Crippen LogP contribution is -2.41. The molecule has 15 heavy (non-hydrogen) atoms. The fourth-order valence-corrected chi connectivity index (χ4v) is 1.87. The van der Waals surface area contributed by atoms with Crippen molar-refractivity contribution in [3.05, 3.63) is 31.0 Å². The predicted molar refractivity (Wildman–Crippen MR) is 49.6 cm³/mol. The van der Waals surface area contributed by atoms with Gasteiger partial charge < -0.3 is 0 Å². The van der Waals surface area contributed by atoms with E-state index in [1.54, 1.807) is 0 Å². The van der Waals surface area contributed by atoms with E-state index in [2.05, 4.69) is 15.9 Å². The third-order valence-electron chi connectivity index (χ3n) is 1.88. The van der Waals surface area contributed by atoms with Gasteiger partial charge >= 0.3 is 11.9 Å². The Balaban J connectivity index is 3.85. The highest BCUT2D eigenvalue weighted by Gasteiger charge is 2.38. The maximum Gasteiger partial charge on any atom is 0.432 e. The van der Waals surface area contributed by atoms with E-state index in [-0.39, 0.29) is 0 Å². The van der Waals surface area contributed by atoms with Gasteiger partial charge in [-0.3, -0.25) is 13.9 Å². The number of rotatable bonds is 0. The molecule has 1 aromatic heterocycles. The van der Waals surface area contributed by atoms with E-state index in [0.717, 1.165) is 14.1 Å². The summed E-state index contributed by atoms with van der Waals surface area (Å²) < 4.78 is 37.7. The maximum absolute atomic E-state index is 12.5. The van der Waals surface area contributed by atoms with Crippen LogP contribution in [-0.4, -0.2) is 9.13 Å². The fourth-order valence-electron chi connectivity index (χ4n) is 1.12. The van der Waals surface area contributed by atoms with Crippen LogP contribution in [0.5, 0.6) is 0 Å². The molecular formula is C7H6BrF3N2O2. The first-order valence-corrected chi connectivity index (χ1v) is 4.50. The summed E-state index contributed by atoms with van der Waals surface area (Å²) in [7, 11) is 2.06. The van der Waals surface area contributed by atoms with Gasteiger partial charge in [0.2, 0.25) is 0 Å². The molecule has 0 spiro atoms. The monoisotopic (exact) mass is 286 g/mol. The number of hydrogen-bond donors (Lipinski definition) is 0. The van der Waals surface area contributed by atoms with Gasteiger partial charge in [0.05, 0.1) is 0 Å². The highest BCUT2D eigenvalue weighted by molar-refractivity contribution is 9.10. The molecule has 1 heterocycles. The Hall–Kier alpha value is -1.05. The van der Waals surface area contributed by atoms with Gasteiger partial charge in [0.1, 0.15) is 10.2 Å². The molecule has 0 aromatic carbocycles. The molecule has 0 saturated carbocycles. The average Bonchev–Trinajstić information content (AvgIpc) is 2.09. The van der Waals surface area contributed by atoms with Crippen LogP contribution >= 0.6 is 15.9 Å². The van der Waals surface area contributed by atoms with Crippen LogP contribution in [0.1, 0.15) is 5.69 Å². The molecule has 1 rings (SSSR count). The minimum atomic E-state index is -4.75. The summed E-state index contributed by atoms with van der Waals surface area (Å²) in [6, 6.07) is 0. The molecule has 0 aliphatic heterocycles. The molecule has 1 aromatic rings. The molecular weight excluding hydrogens is 281 g/mol. The van der Waals surface area contributed by atoms with E-state index >= 15 is 0 Å². The second-order valence-electron chi connectivity index (χ2n) is 2.87. The van der Waals surface area contributed by atoms with Crippen LogP contribution in [-0.2, 0) is 20.3 Å². The Kier molecular flexibility index (Phi) is 2.81. The van der Waals surface area contributed by atoms with Crippen LogP contribution in [0, 0.1) is 0 Å². The lowest BCUT2D eigenvalue weighted by atomic mass is 10.4. The second-order valence-corrected chi connectivity index (χ2v) is 3.66. The average molecular weight is 287 g/mol. The molecule has 0 atom stereocenters. The normalized spacial score (nSPS) is 11.9. The summed E-state index contributed by atoms with van der Waals surface area (Å²) in [5.41, 5.74) is -3.31. The lowest BCUT2D eigenvalue weighted by Gasteiger charge is -2.13. The zero-order chi connectivity index (χ0) is 12.0. The van der Waals surface area contributed by atoms with Crippen LogP contribution in [0.2, 0.25) is 0 Å². The van der Waals surface area contributed by atoms with E-state index in [4.69, 9.17) is 0 Å². The van der Waals surface area contributed by atoms with Gasteiger partial charge in [-0.1, -0.05) is 0 Å². The third-order valence-corrected chi connectivity index (χ3v) is 2.59. The van der Waals surface area contributed by atoms with Crippen LogP contribution < -0.4 is 11.2 Å². The number of nitrogens with zero attached hydrogens (tertiary/aromatic N) is 2. The van der Waals surface area contributed by atoms with Crippen LogP contribution in [0.3, 0.4) is 0 Å². The van der Waals surface area contributed by atoms with Crippen LogP contribution in [0.25, 0.3) is 0 Å². The molecule has 0 fully saturated rings. The van der Waals surface area contributed by atoms with Gasteiger partial charge in [-0.15, -0.1) is 0 Å². The van der Waals surface area contributed by atoms with Crippen molar-refractivity contribution < 1.29 is 13.2 Å². The summed E-state index contributed by atoms with van der Waals surface area (Å²) in [5.74, 6) is 0. The van der Waals surface area contributed by atoms with Crippen molar-refractivity contribution in [2.45, 2.75) is 6.18 Å². The Morgan fingerprint density at radius 1 is 1.13 bits per heavy atom. The van der Waals surface area contributed by atoms with Crippen molar-refractivity contribution in [1.82, 2.24) is 9.13 Å². The van der Waals surface area contributed by atoms with Gasteiger partial charge in [0.25, 0.3) is 5.56 Å². The summed E-state index contributed by atoms with van der Waals surface area (Å²) in [4.78, 5) is 22.4. The topological polar surface area (TPSA) is 44.0 Å². The summed E-state index contributed by atoms with van der Waals surface area (Å²) >= 11 is 2.54. The van der Waals surface area contributed by atoms with Crippen molar-refractivity contribution in [3.63, 3.8) is 0 Å². The number of alkyl halides is 3. The first-order chi connectivity index (χ1) is 6.68. The van der Waals surface area contributed by atoms with Gasteiger partial charge in [-0.2, -0.15) is 13.2 Å². The predicted octanol–water partition coefficient (Wildman–Crippen LogP) is 0.865. The Morgan fingerprint density at radius 3 is 2.00 bits per heavy atom. The molecule has 0 unspecified atom stereocenters. The molecule has 0 aliphatic carbocycles. The van der Waals surface area contributed by atoms with Crippen molar-refractivity contribution in [1.29, 1.82) is 0 Å². The molecule has 0 amide bonds. The van der Waals surface area contributed by atoms with E-state index in [1.807, 2.05) is 0 Å². The Bertz CT molecular complexity index is 477. The molecule has 0 bridgehead atoms. The fraction of sp³-hybridized carbons (Fsp3) is 0.429. The van der Waals surface area contributed by atoms with Crippen molar-refractivity contribution in [2.75, 3.05) is 0 Å². The van der Waals surface area contributed by atoms with E-state index in [1.165, 1.54) is 0 Å². The largest absolute Gasteiger partial charge is 0.432 e. The smallest absolute Gasteiger partial charge is 0.291 e. The SMILES string of the molecule is Cn1c(C(F)(F)F)c(Br)c(=O)n(C)c1=O. The van der Waals surface area contributed by atoms with Crippen LogP contribution in [0.15, 0.2) is 14.1 Å². The standard InChI is InChI=1S/C7H6BrF3N2O2/c1-12-4(7(9,10)11)3(8)5(14)13(2)6(12)15/h1-2H3. The van der Waals surface area contributed by atoms with Gasteiger partial charge in [0.15, 0.2) is 0 Å². The third kappa shape index (κ3) is 1.85. The molecule has 84 valence electrons. The minimum Gasteiger partial charge on any atom is -0.291 e. The van der Waals surface area contributed by atoms with E-state index < -0.39 is 27.6 Å². The molecule has 8 heteroatoms. The van der Waals surface area contributed by atoms with Gasteiger partial charge in [-0.25, -0.2) is 4.79 Å². The van der Waals surface area contributed by atoms with Gasteiger partial charge in [-0.05, 0) is 15.9 Å². The summed E-state index contributed by atoms with van der Waals surface area (Å²) in [6.07, 6.45) is -4.75. The lowest BCUT2D eigenvalue weighted by molar-refractivity contribution is -0.144. The van der Waals surface area contributed by atoms with Crippen LogP contribution in [0.4, 0.5) is 13.2 Å². The second kappa shape index (κ2) is 3.51. The molecule has 0 N–H and O–H groups in total. The molecule has 0 saturated heterocycles. The van der Waals surface area contributed by atoms with E-state index in [0.29, 0.717) is 9.13 Å². The first kappa shape index (κ1) is 12.0. The van der Waals surface area contributed by atoms with Crippen molar-refractivity contribution in [2.24, 2.45) is 14.1 Å². The Morgan fingerprint density at radius 2 is 1.60 bits per heavy atom. The highest BCUT2D eigenvalue weighted by Crippen LogP contribution is 2.31.